The van der Waals surface area contributed by atoms with Gasteiger partial charge in [0, 0.05) is 42.8 Å². The average molecular weight is 363 g/mol. The molecule has 0 atom stereocenters. The van der Waals surface area contributed by atoms with E-state index in [-0.39, 0.29) is 11.9 Å². The second-order valence-electron chi connectivity index (χ2n) is 5.54. The second kappa shape index (κ2) is 7.57. The topological polar surface area (TPSA) is 67.8 Å². The van der Waals surface area contributed by atoms with Crippen molar-refractivity contribution in [3.8, 4) is 11.9 Å². The minimum atomic E-state index is -0.0139. The first-order chi connectivity index (χ1) is 12.1. The van der Waals surface area contributed by atoms with Crippen molar-refractivity contribution in [2.75, 3.05) is 45.3 Å². The van der Waals surface area contributed by atoms with Gasteiger partial charge in [-0.15, -0.1) is 0 Å². The van der Waals surface area contributed by atoms with Crippen LogP contribution in [0, 0.1) is 0 Å². The van der Waals surface area contributed by atoms with Gasteiger partial charge < -0.3 is 19.3 Å². The first-order valence-corrected chi connectivity index (χ1v) is 8.25. The highest BCUT2D eigenvalue weighted by molar-refractivity contribution is 6.30. The van der Waals surface area contributed by atoms with Crippen LogP contribution in [-0.4, -0.2) is 61.2 Å². The van der Waals surface area contributed by atoms with E-state index in [9.17, 15) is 4.79 Å². The Kier molecular flexibility index (Phi) is 5.23. The fraction of sp³-hybridized carbons (Fsp3) is 0.353. The zero-order chi connectivity index (χ0) is 17.8. The van der Waals surface area contributed by atoms with Gasteiger partial charge >= 0.3 is 6.01 Å². The zero-order valence-corrected chi connectivity index (χ0v) is 14.9. The summed E-state index contributed by atoms with van der Waals surface area (Å²) in [7, 11) is 3.06. The van der Waals surface area contributed by atoms with Gasteiger partial charge in [-0.1, -0.05) is 17.7 Å². The fourth-order valence-electron chi connectivity index (χ4n) is 2.69. The predicted molar refractivity (Wildman–Crippen MR) is 94.7 cm³/mol. The SMILES string of the molecule is COc1cc(N2CCN(C(=O)c3cccc(Cl)c3)CC2)nc(OC)n1. The molecule has 1 saturated heterocycles. The lowest BCUT2D eigenvalue weighted by atomic mass is 10.2. The molecular weight excluding hydrogens is 344 g/mol. The molecule has 1 aliphatic rings. The molecule has 7 nitrogen and oxygen atoms in total. The highest BCUT2D eigenvalue weighted by Crippen LogP contribution is 2.22. The number of carbonyl (C=O) groups excluding carboxylic acids is 1. The third-order valence-electron chi connectivity index (χ3n) is 4.02. The average Bonchev–Trinajstić information content (AvgIpc) is 2.67. The molecular formula is C17H19ClN4O3. The van der Waals surface area contributed by atoms with Crippen LogP contribution in [0.2, 0.25) is 5.02 Å². The summed E-state index contributed by atoms with van der Waals surface area (Å²) in [6.07, 6.45) is 0. The smallest absolute Gasteiger partial charge is 0.321 e. The monoisotopic (exact) mass is 362 g/mol. The predicted octanol–water partition coefficient (Wildman–Crippen LogP) is 2.11. The molecule has 0 bridgehead atoms. The number of piperazine rings is 1. The van der Waals surface area contributed by atoms with Crippen LogP contribution in [0.1, 0.15) is 10.4 Å². The summed E-state index contributed by atoms with van der Waals surface area (Å²) >= 11 is 5.97. The molecule has 2 aromatic rings. The molecule has 3 rings (SSSR count). The Bertz CT molecular complexity index is 741. The van der Waals surface area contributed by atoms with Gasteiger partial charge in [0.15, 0.2) is 0 Å². The van der Waals surface area contributed by atoms with E-state index >= 15 is 0 Å². The van der Waals surface area contributed by atoms with Crippen LogP contribution in [0.15, 0.2) is 30.3 Å². The van der Waals surface area contributed by atoms with Crippen molar-refractivity contribution in [1.82, 2.24) is 14.9 Å². The molecule has 1 fully saturated rings. The van der Waals surface area contributed by atoms with Gasteiger partial charge in [0.05, 0.1) is 14.2 Å². The van der Waals surface area contributed by atoms with Crippen LogP contribution >= 0.6 is 11.6 Å². The number of anilines is 1. The molecule has 132 valence electrons. The number of nitrogens with zero attached hydrogens (tertiary/aromatic N) is 4. The van der Waals surface area contributed by atoms with Gasteiger partial charge in [-0.05, 0) is 18.2 Å². The van der Waals surface area contributed by atoms with Crippen molar-refractivity contribution in [1.29, 1.82) is 0 Å². The number of rotatable bonds is 4. The number of hydrogen-bond acceptors (Lipinski definition) is 6. The largest absolute Gasteiger partial charge is 0.481 e. The molecule has 1 amide bonds. The Morgan fingerprint density at radius 1 is 1.08 bits per heavy atom. The van der Waals surface area contributed by atoms with Crippen LogP contribution in [0.4, 0.5) is 5.82 Å². The van der Waals surface area contributed by atoms with Gasteiger partial charge in [-0.3, -0.25) is 4.79 Å². The van der Waals surface area contributed by atoms with Crippen LogP contribution in [-0.2, 0) is 0 Å². The van der Waals surface area contributed by atoms with E-state index in [1.54, 1.807) is 37.4 Å². The molecule has 8 heteroatoms. The standard InChI is InChI=1S/C17H19ClN4O3/c1-24-15-11-14(19-17(20-15)25-2)21-6-8-22(9-7-21)16(23)12-4-3-5-13(18)10-12/h3-5,10-11H,6-9H2,1-2H3. The van der Waals surface area contributed by atoms with Crippen LogP contribution in [0.5, 0.6) is 11.9 Å². The minimum absolute atomic E-state index is 0.0139. The Labute approximate surface area is 151 Å². The van der Waals surface area contributed by atoms with Gasteiger partial charge in [0.2, 0.25) is 5.88 Å². The van der Waals surface area contributed by atoms with Crippen molar-refractivity contribution in [3.05, 3.63) is 40.9 Å². The summed E-state index contributed by atoms with van der Waals surface area (Å²) in [6, 6.07) is 9.03. The van der Waals surface area contributed by atoms with E-state index in [0.29, 0.717) is 42.6 Å². The van der Waals surface area contributed by atoms with Crippen molar-refractivity contribution >= 4 is 23.3 Å². The number of methoxy groups -OCH3 is 2. The van der Waals surface area contributed by atoms with Crippen LogP contribution < -0.4 is 14.4 Å². The summed E-state index contributed by atoms with van der Waals surface area (Å²) in [5, 5.41) is 0.560. The summed E-state index contributed by atoms with van der Waals surface area (Å²) in [5.41, 5.74) is 0.603. The first kappa shape index (κ1) is 17.3. The molecule has 0 spiro atoms. The highest BCUT2D eigenvalue weighted by Gasteiger charge is 2.24. The third-order valence-corrected chi connectivity index (χ3v) is 4.26. The molecule has 0 radical (unpaired) electrons. The van der Waals surface area contributed by atoms with E-state index in [2.05, 4.69) is 14.9 Å². The third kappa shape index (κ3) is 3.93. The molecule has 1 aliphatic heterocycles. The lowest BCUT2D eigenvalue weighted by Crippen LogP contribution is -2.49. The van der Waals surface area contributed by atoms with Crippen molar-refractivity contribution in [3.63, 3.8) is 0 Å². The highest BCUT2D eigenvalue weighted by atomic mass is 35.5. The van der Waals surface area contributed by atoms with Crippen molar-refractivity contribution in [2.24, 2.45) is 0 Å². The normalized spacial score (nSPS) is 14.4. The van der Waals surface area contributed by atoms with Gasteiger partial charge in [0.1, 0.15) is 5.82 Å². The van der Waals surface area contributed by atoms with E-state index in [4.69, 9.17) is 21.1 Å². The van der Waals surface area contributed by atoms with Crippen molar-refractivity contribution in [2.45, 2.75) is 0 Å². The quantitative estimate of drug-likeness (QED) is 0.829. The van der Waals surface area contributed by atoms with Crippen LogP contribution in [0.3, 0.4) is 0 Å². The summed E-state index contributed by atoms with van der Waals surface area (Å²) in [4.78, 5) is 24.9. The molecule has 25 heavy (non-hydrogen) atoms. The van der Waals surface area contributed by atoms with Gasteiger partial charge in [-0.2, -0.15) is 9.97 Å². The lowest BCUT2D eigenvalue weighted by molar-refractivity contribution is 0.0746. The molecule has 1 aromatic heterocycles. The Morgan fingerprint density at radius 3 is 2.48 bits per heavy atom. The van der Waals surface area contributed by atoms with Crippen LogP contribution in [0.25, 0.3) is 0 Å². The van der Waals surface area contributed by atoms with E-state index < -0.39 is 0 Å². The molecule has 0 saturated carbocycles. The molecule has 1 aromatic carbocycles. The molecule has 2 heterocycles. The molecule has 0 unspecified atom stereocenters. The molecule has 0 N–H and O–H groups in total. The number of halogens is 1. The fourth-order valence-corrected chi connectivity index (χ4v) is 2.88. The molecule has 0 aliphatic carbocycles. The Balaban J connectivity index is 1.68. The second-order valence-corrected chi connectivity index (χ2v) is 5.98. The van der Waals surface area contributed by atoms with Gasteiger partial charge in [-0.25, -0.2) is 0 Å². The summed E-state index contributed by atoms with van der Waals surface area (Å²) < 4.78 is 10.3. The lowest BCUT2D eigenvalue weighted by Gasteiger charge is -2.35. The number of ether oxygens (including phenoxy) is 2. The van der Waals surface area contributed by atoms with Crippen molar-refractivity contribution < 1.29 is 14.3 Å². The van der Waals surface area contributed by atoms with E-state index in [1.165, 1.54) is 7.11 Å². The summed E-state index contributed by atoms with van der Waals surface area (Å²) in [5.74, 6) is 1.15. The minimum Gasteiger partial charge on any atom is -0.481 e. The van der Waals surface area contributed by atoms with Gasteiger partial charge in [0.25, 0.3) is 5.91 Å². The number of carbonyl (C=O) groups is 1. The van der Waals surface area contributed by atoms with E-state index in [0.717, 1.165) is 5.82 Å². The van der Waals surface area contributed by atoms with E-state index in [1.807, 2.05) is 4.90 Å². The Morgan fingerprint density at radius 2 is 1.84 bits per heavy atom. The maximum absolute atomic E-state index is 12.6. The first-order valence-electron chi connectivity index (χ1n) is 7.87. The Hall–Kier alpha value is -2.54. The number of aromatic nitrogens is 2. The number of hydrogen-bond donors (Lipinski definition) is 0. The maximum Gasteiger partial charge on any atom is 0.321 e. The maximum atomic E-state index is 12.6. The zero-order valence-electron chi connectivity index (χ0n) is 14.1. The number of benzene rings is 1. The summed E-state index contributed by atoms with van der Waals surface area (Å²) in [6.45, 7) is 2.52. The number of amides is 1.